The highest BCUT2D eigenvalue weighted by molar-refractivity contribution is 6.97. The lowest BCUT2D eigenvalue weighted by atomic mass is 10.3. The SMILES string of the molecule is C=C[C@@H]1C[C@H]1CO[Si](CCCC)(c1ccccc1)c1ccccc1. The van der Waals surface area contributed by atoms with Gasteiger partial charge in [-0.25, -0.2) is 0 Å². The van der Waals surface area contributed by atoms with Crippen LogP contribution in [-0.2, 0) is 4.43 Å². The van der Waals surface area contributed by atoms with E-state index in [1.807, 2.05) is 0 Å². The lowest BCUT2D eigenvalue weighted by molar-refractivity contribution is 0.292. The van der Waals surface area contributed by atoms with Gasteiger partial charge in [-0.05, 0) is 34.7 Å². The van der Waals surface area contributed by atoms with Gasteiger partial charge in [0.25, 0.3) is 8.32 Å². The van der Waals surface area contributed by atoms with E-state index in [0.717, 1.165) is 12.7 Å². The molecule has 0 unspecified atom stereocenters. The molecule has 0 heterocycles. The van der Waals surface area contributed by atoms with E-state index in [2.05, 4.69) is 80.2 Å². The van der Waals surface area contributed by atoms with Gasteiger partial charge in [-0.3, -0.25) is 0 Å². The molecular weight excluding hydrogens is 308 g/mol. The Bertz CT molecular complexity index is 598. The summed E-state index contributed by atoms with van der Waals surface area (Å²) in [7, 11) is -2.17. The van der Waals surface area contributed by atoms with E-state index in [1.54, 1.807) is 0 Å². The highest BCUT2D eigenvalue weighted by Crippen LogP contribution is 2.40. The quantitative estimate of drug-likeness (QED) is 0.487. The van der Waals surface area contributed by atoms with Crippen LogP contribution < -0.4 is 10.4 Å². The smallest absolute Gasteiger partial charge is 0.255 e. The second kappa shape index (κ2) is 7.95. The molecule has 0 saturated heterocycles. The molecule has 1 aliphatic carbocycles. The van der Waals surface area contributed by atoms with E-state index >= 15 is 0 Å². The standard InChI is InChI=1S/C22H28OSi/c1-3-5-16-24(21-12-8-6-9-13-21,22-14-10-7-11-15-22)23-18-20-17-19(20)4-2/h4,6-15,19-20H,2-3,5,16-18H2,1H3/t19-,20+/m1/s1. The summed E-state index contributed by atoms with van der Waals surface area (Å²) in [6.07, 6.45) is 5.75. The van der Waals surface area contributed by atoms with Crippen LogP contribution in [-0.4, -0.2) is 14.9 Å². The first-order valence-electron chi connectivity index (χ1n) is 9.17. The summed E-state index contributed by atoms with van der Waals surface area (Å²) >= 11 is 0. The van der Waals surface area contributed by atoms with Crippen LogP contribution in [0.5, 0.6) is 0 Å². The van der Waals surface area contributed by atoms with Crippen molar-refractivity contribution in [3.63, 3.8) is 0 Å². The van der Waals surface area contributed by atoms with Crippen LogP contribution in [0.3, 0.4) is 0 Å². The van der Waals surface area contributed by atoms with Crippen molar-refractivity contribution in [2.45, 2.75) is 32.2 Å². The monoisotopic (exact) mass is 336 g/mol. The summed E-state index contributed by atoms with van der Waals surface area (Å²) in [5.41, 5.74) is 0. The predicted octanol–water partition coefficient (Wildman–Crippen LogP) is 4.39. The van der Waals surface area contributed by atoms with Crippen LogP contribution in [0, 0.1) is 11.8 Å². The maximum Gasteiger partial charge on any atom is 0.255 e. The minimum atomic E-state index is -2.17. The molecule has 24 heavy (non-hydrogen) atoms. The molecule has 0 aliphatic heterocycles. The third-order valence-corrected chi connectivity index (χ3v) is 9.44. The van der Waals surface area contributed by atoms with Crippen molar-refractivity contribution in [1.82, 2.24) is 0 Å². The fraction of sp³-hybridized carbons (Fsp3) is 0.364. The van der Waals surface area contributed by atoms with E-state index in [4.69, 9.17) is 4.43 Å². The summed E-state index contributed by atoms with van der Waals surface area (Å²) in [5, 5.41) is 2.81. The normalized spacial score (nSPS) is 19.9. The van der Waals surface area contributed by atoms with Crippen LogP contribution >= 0.6 is 0 Å². The Morgan fingerprint density at radius 1 is 1.04 bits per heavy atom. The number of hydrogen-bond acceptors (Lipinski definition) is 1. The molecule has 0 spiro atoms. The fourth-order valence-corrected chi connectivity index (χ4v) is 7.74. The van der Waals surface area contributed by atoms with Crippen molar-refractivity contribution < 1.29 is 4.43 Å². The van der Waals surface area contributed by atoms with Gasteiger partial charge >= 0.3 is 0 Å². The lowest BCUT2D eigenvalue weighted by Gasteiger charge is -2.33. The van der Waals surface area contributed by atoms with Gasteiger partial charge < -0.3 is 4.43 Å². The highest BCUT2D eigenvalue weighted by atomic mass is 28.4. The average Bonchev–Trinajstić information content (AvgIpc) is 3.42. The van der Waals surface area contributed by atoms with Crippen molar-refractivity contribution >= 4 is 18.7 Å². The number of unbranched alkanes of at least 4 members (excludes halogenated alkanes) is 1. The maximum atomic E-state index is 6.85. The molecule has 1 saturated carbocycles. The first-order valence-corrected chi connectivity index (χ1v) is 11.3. The zero-order valence-corrected chi connectivity index (χ0v) is 15.7. The minimum absolute atomic E-state index is 0.662. The molecule has 0 amide bonds. The van der Waals surface area contributed by atoms with E-state index in [9.17, 15) is 0 Å². The molecule has 2 atom stereocenters. The fourth-order valence-electron chi connectivity index (χ4n) is 3.54. The molecule has 1 nitrogen and oxygen atoms in total. The first-order chi connectivity index (χ1) is 11.8. The third kappa shape index (κ3) is 3.71. The molecular formula is C22H28OSi. The van der Waals surface area contributed by atoms with Crippen LogP contribution in [0.4, 0.5) is 0 Å². The largest absolute Gasteiger partial charge is 0.408 e. The van der Waals surface area contributed by atoms with Crippen molar-refractivity contribution in [2.75, 3.05) is 6.61 Å². The van der Waals surface area contributed by atoms with Gasteiger partial charge in [-0.15, -0.1) is 6.58 Å². The van der Waals surface area contributed by atoms with Gasteiger partial charge in [-0.1, -0.05) is 86.5 Å². The lowest BCUT2D eigenvalue weighted by Crippen LogP contribution is -2.61. The average molecular weight is 337 g/mol. The molecule has 0 bridgehead atoms. The Kier molecular flexibility index (Phi) is 5.70. The summed E-state index contributed by atoms with van der Waals surface area (Å²) in [6, 6.07) is 23.0. The van der Waals surface area contributed by atoms with E-state index < -0.39 is 8.32 Å². The number of rotatable bonds is 9. The second-order valence-electron chi connectivity index (χ2n) is 6.87. The summed E-state index contributed by atoms with van der Waals surface area (Å²) < 4.78 is 6.85. The molecule has 0 aromatic heterocycles. The van der Waals surface area contributed by atoms with Gasteiger partial charge in [0.15, 0.2) is 0 Å². The Morgan fingerprint density at radius 2 is 1.62 bits per heavy atom. The van der Waals surface area contributed by atoms with Crippen LogP contribution in [0.1, 0.15) is 26.2 Å². The number of allylic oxidation sites excluding steroid dienone is 1. The summed E-state index contributed by atoms with van der Waals surface area (Å²) in [4.78, 5) is 0. The van der Waals surface area contributed by atoms with Crippen LogP contribution in [0.2, 0.25) is 6.04 Å². The van der Waals surface area contributed by atoms with Gasteiger partial charge in [0.2, 0.25) is 0 Å². The van der Waals surface area contributed by atoms with Crippen LogP contribution in [0.15, 0.2) is 73.3 Å². The Balaban J connectivity index is 1.94. The summed E-state index contributed by atoms with van der Waals surface area (Å²) in [6.45, 7) is 7.08. The minimum Gasteiger partial charge on any atom is -0.408 e. The van der Waals surface area contributed by atoms with Gasteiger partial charge in [0.05, 0.1) is 0 Å². The summed E-state index contributed by atoms with van der Waals surface area (Å²) in [5.74, 6) is 1.33. The molecule has 3 rings (SSSR count). The van der Waals surface area contributed by atoms with Crippen molar-refractivity contribution in [3.8, 4) is 0 Å². The zero-order chi connectivity index (χ0) is 16.8. The Labute approximate surface area is 147 Å². The van der Waals surface area contributed by atoms with Gasteiger partial charge in [0.1, 0.15) is 0 Å². The molecule has 2 aromatic rings. The Hall–Kier alpha value is -1.64. The molecule has 1 aliphatic rings. The maximum absolute atomic E-state index is 6.85. The molecule has 126 valence electrons. The predicted molar refractivity (Wildman–Crippen MR) is 105 cm³/mol. The number of hydrogen-bond donors (Lipinski definition) is 0. The second-order valence-corrected chi connectivity index (χ2v) is 10.5. The van der Waals surface area contributed by atoms with Crippen molar-refractivity contribution in [3.05, 3.63) is 73.3 Å². The van der Waals surface area contributed by atoms with E-state index in [1.165, 1.54) is 29.6 Å². The molecule has 2 aromatic carbocycles. The topological polar surface area (TPSA) is 9.23 Å². The van der Waals surface area contributed by atoms with Crippen molar-refractivity contribution in [2.24, 2.45) is 11.8 Å². The van der Waals surface area contributed by atoms with Gasteiger partial charge in [-0.2, -0.15) is 0 Å². The number of benzene rings is 2. The first kappa shape index (κ1) is 17.2. The molecule has 0 radical (unpaired) electrons. The molecule has 1 fully saturated rings. The van der Waals surface area contributed by atoms with Crippen LogP contribution in [0.25, 0.3) is 0 Å². The highest BCUT2D eigenvalue weighted by Gasteiger charge is 2.42. The zero-order valence-electron chi connectivity index (χ0n) is 14.7. The van der Waals surface area contributed by atoms with E-state index in [0.29, 0.717) is 11.8 Å². The third-order valence-electron chi connectivity index (χ3n) is 5.19. The Morgan fingerprint density at radius 3 is 2.08 bits per heavy atom. The van der Waals surface area contributed by atoms with Crippen molar-refractivity contribution in [1.29, 1.82) is 0 Å². The molecule has 2 heteroatoms. The molecule has 0 N–H and O–H groups in total. The van der Waals surface area contributed by atoms with E-state index in [-0.39, 0.29) is 0 Å². The van der Waals surface area contributed by atoms with Gasteiger partial charge in [0, 0.05) is 6.61 Å².